The number of hydrogen-bond acceptors (Lipinski definition) is 3. The molecule has 3 nitrogen and oxygen atoms in total. The van der Waals surface area contributed by atoms with Crippen LogP contribution in [0.1, 0.15) is 11.5 Å². The van der Waals surface area contributed by atoms with Crippen LogP contribution in [0.3, 0.4) is 0 Å². The number of rotatable bonds is 2. The molecule has 0 radical (unpaired) electrons. The van der Waals surface area contributed by atoms with Gasteiger partial charge in [0.2, 0.25) is 0 Å². The number of hydrogen-bond donors (Lipinski definition) is 0. The van der Waals surface area contributed by atoms with Crippen molar-refractivity contribution in [3.05, 3.63) is 42.0 Å². The molecule has 76 valence electrons. The van der Waals surface area contributed by atoms with Crippen LogP contribution in [-0.2, 0) is 9.59 Å². The molecule has 0 saturated carbocycles. The van der Waals surface area contributed by atoms with Crippen molar-refractivity contribution < 1.29 is 14.3 Å². The molecule has 1 aliphatic rings. The predicted molar refractivity (Wildman–Crippen MR) is 54.9 cm³/mol. The maximum Gasteiger partial charge on any atom is 0.171 e. The summed E-state index contributed by atoms with van der Waals surface area (Å²) in [6.45, 7) is 0. The third-order valence-electron chi connectivity index (χ3n) is 2.43. The molecule has 0 amide bonds. The van der Waals surface area contributed by atoms with E-state index in [0.717, 1.165) is 5.56 Å². The molecule has 15 heavy (non-hydrogen) atoms. The van der Waals surface area contributed by atoms with E-state index in [1.54, 1.807) is 31.4 Å². The molecule has 0 spiro atoms. The Kier molecular flexibility index (Phi) is 2.37. The van der Waals surface area contributed by atoms with E-state index in [-0.39, 0.29) is 11.6 Å². The van der Waals surface area contributed by atoms with Crippen molar-refractivity contribution in [1.82, 2.24) is 0 Å². The molecule has 1 aliphatic carbocycles. The fourth-order valence-corrected chi connectivity index (χ4v) is 1.62. The maximum absolute atomic E-state index is 11.4. The highest BCUT2D eigenvalue weighted by Crippen LogP contribution is 2.25. The van der Waals surface area contributed by atoms with E-state index < -0.39 is 5.92 Å². The van der Waals surface area contributed by atoms with E-state index in [2.05, 4.69) is 0 Å². The van der Waals surface area contributed by atoms with Crippen molar-refractivity contribution in [3.63, 3.8) is 0 Å². The summed E-state index contributed by atoms with van der Waals surface area (Å²) < 4.78 is 5.00. The summed E-state index contributed by atoms with van der Waals surface area (Å²) in [5.41, 5.74) is 0.718. The predicted octanol–water partition coefficient (Wildman–Crippen LogP) is 1.49. The van der Waals surface area contributed by atoms with Gasteiger partial charge in [-0.25, -0.2) is 0 Å². The first-order chi connectivity index (χ1) is 7.22. The minimum Gasteiger partial charge on any atom is -0.497 e. The number of carbonyl (C=O) groups excluding carboxylic acids is 2. The molecule has 3 heteroatoms. The van der Waals surface area contributed by atoms with E-state index in [1.165, 1.54) is 12.2 Å². The largest absolute Gasteiger partial charge is 0.497 e. The Hall–Kier alpha value is -1.90. The van der Waals surface area contributed by atoms with E-state index in [0.29, 0.717) is 5.75 Å². The minimum absolute atomic E-state index is 0.148. The molecule has 0 unspecified atom stereocenters. The molecule has 2 rings (SSSR count). The Morgan fingerprint density at radius 2 is 1.53 bits per heavy atom. The molecule has 0 saturated heterocycles. The first-order valence-corrected chi connectivity index (χ1v) is 4.62. The van der Waals surface area contributed by atoms with Crippen molar-refractivity contribution >= 4 is 11.6 Å². The van der Waals surface area contributed by atoms with Crippen LogP contribution in [-0.4, -0.2) is 18.7 Å². The van der Waals surface area contributed by atoms with Crippen molar-refractivity contribution in [2.45, 2.75) is 5.92 Å². The van der Waals surface area contributed by atoms with E-state index in [4.69, 9.17) is 4.74 Å². The summed E-state index contributed by atoms with van der Waals surface area (Å²) in [6.07, 6.45) is 2.66. The summed E-state index contributed by atoms with van der Waals surface area (Å²) >= 11 is 0. The first kappa shape index (κ1) is 9.65. The quantitative estimate of drug-likeness (QED) is 0.682. The van der Waals surface area contributed by atoms with Crippen LogP contribution in [0.5, 0.6) is 5.75 Å². The molecule has 0 heterocycles. The second-order valence-corrected chi connectivity index (χ2v) is 3.34. The van der Waals surface area contributed by atoms with Gasteiger partial charge in [0.15, 0.2) is 11.6 Å². The van der Waals surface area contributed by atoms with Crippen LogP contribution in [0.2, 0.25) is 0 Å². The fourth-order valence-electron chi connectivity index (χ4n) is 1.62. The molecular weight excluding hydrogens is 192 g/mol. The fraction of sp³-hybridized carbons (Fsp3) is 0.167. The third kappa shape index (κ3) is 1.68. The lowest BCUT2D eigenvalue weighted by Crippen LogP contribution is -2.12. The molecular formula is C12H10O3. The molecule has 0 fully saturated rings. The van der Waals surface area contributed by atoms with Crippen LogP contribution in [0.4, 0.5) is 0 Å². The molecule has 1 aromatic carbocycles. The van der Waals surface area contributed by atoms with Crippen LogP contribution in [0, 0.1) is 0 Å². The molecule has 0 aliphatic heterocycles. The van der Waals surface area contributed by atoms with Crippen LogP contribution in [0.25, 0.3) is 0 Å². The normalized spacial score (nSPS) is 16.1. The monoisotopic (exact) mass is 202 g/mol. The number of ether oxygens (including phenoxy) is 1. The van der Waals surface area contributed by atoms with Crippen LogP contribution < -0.4 is 4.74 Å². The van der Waals surface area contributed by atoms with Gasteiger partial charge in [-0.05, 0) is 29.8 Å². The number of ketones is 2. The summed E-state index contributed by atoms with van der Waals surface area (Å²) in [4.78, 5) is 22.8. The Morgan fingerprint density at radius 3 is 2.00 bits per heavy atom. The lowest BCUT2D eigenvalue weighted by molar-refractivity contribution is -0.122. The van der Waals surface area contributed by atoms with Gasteiger partial charge in [0.25, 0.3) is 0 Å². The van der Waals surface area contributed by atoms with Gasteiger partial charge in [-0.3, -0.25) is 9.59 Å². The zero-order valence-corrected chi connectivity index (χ0v) is 8.27. The minimum atomic E-state index is -0.643. The second kappa shape index (κ2) is 3.69. The highest BCUT2D eigenvalue weighted by atomic mass is 16.5. The number of methoxy groups -OCH3 is 1. The van der Waals surface area contributed by atoms with Crippen LogP contribution >= 0.6 is 0 Å². The van der Waals surface area contributed by atoms with Gasteiger partial charge in [-0.2, -0.15) is 0 Å². The van der Waals surface area contributed by atoms with Gasteiger partial charge in [0, 0.05) is 0 Å². The van der Waals surface area contributed by atoms with Crippen LogP contribution in [0.15, 0.2) is 36.4 Å². The van der Waals surface area contributed by atoms with Gasteiger partial charge < -0.3 is 4.74 Å². The smallest absolute Gasteiger partial charge is 0.171 e. The number of carbonyl (C=O) groups is 2. The van der Waals surface area contributed by atoms with Gasteiger partial charge in [-0.15, -0.1) is 0 Å². The lowest BCUT2D eigenvalue weighted by Gasteiger charge is -2.07. The summed E-state index contributed by atoms with van der Waals surface area (Å²) in [7, 11) is 1.57. The van der Waals surface area contributed by atoms with Crippen molar-refractivity contribution in [3.8, 4) is 5.75 Å². The van der Waals surface area contributed by atoms with Gasteiger partial charge >= 0.3 is 0 Å². The second-order valence-electron chi connectivity index (χ2n) is 3.34. The standard InChI is InChI=1S/C12H10O3/c1-15-9-4-2-8(3-5-9)12-10(13)6-7-11(12)14/h2-7,12H,1H3. The number of benzene rings is 1. The molecule has 1 aromatic rings. The average Bonchev–Trinajstić information content (AvgIpc) is 2.59. The van der Waals surface area contributed by atoms with Gasteiger partial charge in [0.05, 0.1) is 7.11 Å². The lowest BCUT2D eigenvalue weighted by atomic mass is 9.95. The Labute approximate surface area is 87.4 Å². The molecule has 0 atom stereocenters. The Bertz CT molecular complexity index is 411. The maximum atomic E-state index is 11.4. The van der Waals surface area contributed by atoms with Gasteiger partial charge in [0.1, 0.15) is 11.7 Å². The topological polar surface area (TPSA) is 43.4 Å². The zero-order chi connectivity index (χ0) is 10.8. The zero-order valence-electron chi connectivity index (χ0n) is 8.27. The molecule has 0 bridgehead atoms. The summed E-state index contributed by atoms with van der Waals surface area (Å²) in [6, 6.07) is 6.97. The summed E-state index contributed by atoms with van der Waals surface area (Å²) in [5, 5.41) is 0. The Balaban J connectivity index is 2.30. The van der Waals surface area contributed by atoms with Crippen molar-refractivity contribution in [2.75, 3.05) is 7.11 Å². The SMILES string of the molecule is COc1ccc(C2C(=O)C=CC2=O)cc1. The van der Waals surface area contributed by atoms with E-state index in [9.17, 15) is 9.59 Å². The molecule has 0 N–H and O–H groups in total. The molecule has 0 aromatic heterocycles. The number of allylic oxidation sites excluding steroid dienone is 2. The highest BCUT2D eigenvalue weighted by molar-refractivity contribution is 6.22. The third-order valence-corrected chi connectivity index (χ3v) is 2.43. The van der Waals surface area contributed by atoms with Crippen molar-refractivity contribution in [2.24, 2.45) is 0 Å². The van der Waals surface area contributed by atoms with Gasteiger partial charge in [-0.1, -0.05) is 12.1 Å². The summed E-state index contributed by atoms with van der Waals surface area (Å²) in [5.74, 6) is -0.226. The van der Waals surface area contributed by atoms with E-state index >= 15 is 0 Å². The highest BCUT2D eigenvalue weighted by Gasteiger charge is 2.29. The van der Waals surface area contributed by atoms with E-state index in [1.807, 2.05) is 0 Å². The Morgan fingerprint density at radius 1 is 1.00 bits per heavy atom. The first-order valence-electron chi connectivity index (χ1n) is 4.62. The van der Waals surface area contributed by atoms with Crippen molar-refractivity contribution in [1.29, 1.82) is 0 Å². The average molecular weight is 202 g/mol.